The van der Waals surface area contributed by atoms with Gasteiger partial charge in [0.2, 0.25) is 0 Å². The Morgan fingerprint density at radius 2 is 1.44 bits per heavy atom. The zero-order valence-corrected chi connectivity index (χ0v) is 14.6. The van der Waals surface area contributed by atoms with Crippen LogP contribution in [0.3, 0.4) is 0 Å². The summed E-state index contributed by atoms with van der Waals surface area (Å²) >= 11 is 0. The summed E-state index contributed by atoms with van der Waals surface area (Å²) < 4.78 is 23.6. The lowest BCUT2D eigenvalue weighted by Crippen LogP contribution is -2.18. The first kappa shape index (κ1) is 18.3. The molecule has 0 amide bonds. The smallest absolute Gasteiger partial charge is 0.349 e. The van der Waals surface area contributed by atoms with E-state index in [9.17, 15) is 14.0 Å². The Morgan fingerprint density at radius 1 is 0.852 bits per heavy atom. The highest BCUT2D eigenvalue weighted by Gasteiger charge is 2.11. The van der Waals surface area contributed by atoms with Crippen LogP contribution < -0.4 is 9.47 Å². The fourth-order valence-corrected chi connectivity index (χ4v) is 2.46. The average Bonchev–Trinajstić information content (AvgIpc) is 2.68. The van der Waals surface area contributed by atoms with Gasteiger partial charge in [-0.2, -0.15) is 0 Å². The second-order valence-corrected chi connectivity index (χ2v) is 5.89. The summed E-state index contributed by atoms with van der Waals surface area (Å²) in [4.78, 5) is 24.3. The second kappa shape index (κ2) is 8.27. The van der Waals surface area contributed by atoms with Crippen molar-refractivity contribution in [1.29, 1.82) is 0 Å². The minimum atomic E-state index is -0.545. The summed E-state index contributed by atoms with van der Waals surface area (Å²) in [6, 6.07) is 18.9. The van der Waals surface area contributed by atoms with Gasteiger partial charge >= 0.3 is 5.97 Å². The highest BCUT2D eigenvalue weighted by Crippen LogP contribution is 2.18. The van der Waals surface area contributed by atoms with E-state index >= 15 is 0 Å². The SMILES string of the molecule is Cc1ccccc1OCC(=O)Oc1ccc(C(=O)c2ccc(F)cc2)cc1. The van der Waals surface area contributed by atoms with Gasteiger partial charge in [-0.05, 0) is 67.1 Å². The maximum Gasteiger partial charge on any atom is 0.349 e. The highest BCUT2D eigenvalue weighted by molar-refractivity contribution is 6.09. The van der Waals surface area contributed by atoms with Gasteiger partial charge in [-0.25, -0.2) is 9.18 Å². The zero-order valence-electron chi connectivity index (χ0n) is 14.6. The molecule has 0 aromatic heterocycles. The van der Waals surface area contributed by atoms with Crippen LogP contribution >= 0.6 is 0 Å². The quantitative estimate of drug-likeness (QED) is 0.371. The predicted octanol–water partition coefficient (Wildman–Crippen LogP) is 4.35. The van der Waals surface area contributed by atoms with E-state index < -0.39 is 11.8 Å². The highest BCUT2D eigenvalue weighted by atomic mass is 19.1. The lowest BCUT2D eigenvalue weighted by atomic mass is 10.0. The van der Waals surface area contributed by atoms with E-state index in [1.807, 2.05) is 25.1 Å². The third-order valence-electron chi connectivity index (χ3n) is 3.89. The van der Waals surface area contributed by atoms with Gasteiger partial charge in [-0.15, -0.1) is 0 Å². The van der Waals surface area contributed by atoms with Crippen molar-refractivity contribution in [3.05, 3.63) is 95.3 Å². The van der Waals surface area contributed by atoms with Crippen molar-refractivity contribution >= 4 is 11.8 Å². The standard InChI is InChI=1S/C22H17FO4/c1-15-4-2-3-5-20(15)26-14-21(24)27-19-12-8-17(9-13-19)22(25)16-6-10-18(23)11-7-16/h2-13H,14H2,1H3. The van der Waals surface area contributed by atoms with Crippen LogP contribution in [0.4, 0.5) is 4.39 Å². The van der Waals surface area contributed by atoms with Crippen molar-refractivity contribution in [2.75, 3.05) is 6.61 Å². The summed E-state index contributed by atoms with van der Waals surface area (Å²) in [7, 11) is 0. The molecule has 5 heteroatoms. The number of halogens is 1. The summed E-state index contributed by atoms with van der Waals surface area (Å²) in [5, 5.41) is 0. The number of ether oxygens (including phenoxy) is 2. The number of benzene rings is 3. The van der Waals surface area contributed by atoms with Gasteiger partial charge in [-0.3, -0.25) is 4.79 Å². The first-order chi connectivity index (χ1) is 13.0. The van der Waals surface area contributed by atoms with Crippen molar-refractivity contribution < 1.29 is 23.5 Å². The summed E-state index contributed by atoms with van der Waals surface area (Å²) in [5.41, 5.74) is 1.72. The Labute approximate surface area is 156 Å². The molecule has 0 bridgehead atoms. The number of hydrogen-bond acceptors (Lipinski definition) is 4. The van der Waals surface area contributed by atoms with E-state index in [0.29, 0.717) is 22.6 Å². The molecule has 27 heavy (non-hydrogen) atoms. The van der Waals surface area contributed by atoms with E-state index in [1.54, 1.807) is 18.2 Å². The Balaban J connectivity index is 1.58. The Bertz CT molecular complexity index is 947. The van der Waals surface area contributed by atoms with Crippen molar-refractivity contribution in [3.8, 4) is 11.5 Å². The lowest BCUT2D eigenvalue weighted by molar-refractivity contribution is -0.136. The molecule has 0 saturated carbocycles. The molecule has 136 valence electrons. The number of esters is 1. The van der Waals surface area contributed by atoms with E-state index in [2.05, 4.69) is 0 Å². The van der Waals surface area contributed by atoms with Gasteiger partial charge in [0.25, 0.3) is 0 Å². The van der Waals surface area contributed by atoms with Crippen molar-refractivity contribution in [2.45, 2.75) is 6.92 Å². The predicted molar refractivity (Wildman–Crippen MR) is 98.6 cm³/mol. The Kier molecular flexibility index (Phi) is 5.61. The normalized spacial score (nSPS) is 10.3. The minimum absolute atomic E-state index is 0.221. The van der Waals surface area contributed by atoms with Crippen LogP contribution in [0.5, 0.6) is 11.5 Å². The molecule has 0 fully saturated rings. The summed E-state index contributed by atoms with van der Waals surface area (Å²) in [6.45, 7) is 1.67. The zero-order chi connectivity index (χ0) is 19.2. The molecule has 0 unspecified atom stereocenters. The van der Waals surface area contributed by atoms with Crippen molar-refractivity contribution in [2.24, 2.45) is 0 Å². The molecule has 0 aliphatic carbocycles. The number of aryl methyl sites for hydroxylation is 1. The van der Waals surface area contributed by atoms with Crippen LogP contribution in [0.25, 0.3) is 0 Å². The fraction of sp³-hybridized carbons (Fsp3) is 0.0909. The lowest BCUT2D eigenvalue weighted by Gasteiger charge is -2.09. The molecule has 0 atom stereocenters. The monoisotopic (exact) mass is 364 g/mol. The maximum absolute atomic E-state index is 13.0. The Morgan fingerprint density at radius 3 is 2.07 bits per heavy atom. The molecule has 4 nitrogen and oxygen atoms in total. The third-order valence-corrected chi connectivity index (χ3v) is 3.89. The van der Waals surface area contributed by atoms with E-state index in [-0.39, 0.29) is 12.4 Å². The van der Waals surface area contributed by atoms with Gasteiger partial charge in [0, 0.05) is 11.1 Å². The van der Waals surface area contributed by atoms with Crippen LogP contribution in [0.2, 0.25) is 0 Å². The van der Waals surface area contributed by atoms with Gasteiger partial charge in [0.1, 0.15) is 17.3 Å². The van der Waals surface area contributed by atoms with E-state index in [4.69, 9.17) is 9.47 Å². The summed E-state index contributed by atoms with van der Waals surface area (Å²) in [6.07, 6.45) is 0. The molecule has 0 spiro atoms. The van der Waals surface area contributed by atoms with E-state index in [0.717, 1.165) is 5.56 Å². The number of carbonyl (C=O) groups excluding carboxylic acids is 2. The van der Waals surface area contributed by atoms with Crippen LogP contribution in [-0.4, -0.2) is 18.4 Å². The van der Waals surface area contributed by atoms with Crippen molar-refractivity contribution in [1.82, 2.24) is 0 Å². The molecule has 3 aromatic carbocycles. The average molecular weight is 364 g/mol. The van der Waals surface area contributed by atoms with Crippen molar-refractivity contribution in [3.63, 3.8) is 0 Å². The fourth-order valence-electron chi connectivity index (χ4n) is 2.46. The largest absolute Gasteiger partial charge is 0.482 e. The molecule has 0 aliphatic rings. The first-order valence-electron chi connectivity index (χ1n) is 8.32. The molecule has 3 aromatic rings. The van der Waals surface area contributed by atoms with Crippen LogP contribution in [0.15, 0.2) is 72.8 Å². The summed E-state index contributed by atoms with van der Waals surface area (Å²) in [5.74, 6) is -0.257. The number of ketones is 1. The molecule has 3 rings (SSSR count). The van der Waals surface area contributed by atoms with Gasteiger partial charge in [-0.1, -0.05) is 18.2 Å². The number of para-hydroxylation sites is 1. The number of hydrogen-bond donors (Lipinski definition) is 0. The number of rotatable bonds is 6. The maximum atomic E-state index is 13.0. The molecular weight excluding hydrogens is 347 g/mol. The van der Waals surface area contributed by atoms with Gasteiger partial charge in [0.05, 0.1) is 0 Å². The molecular formula is C22H17FO4. The molecule has 0 saturated heterocycles. The second-order valence-electron chi connectivity index (χ2n) is 5.89. The number of carbonyl (C=O) groups is 2. The third kappa shape index (κ3) is 4.79. The van der Waals surface area contributed by atoms with Crippen LogP contribution in [0.1, 0.15) is 21.5 Å². The van der Waals surface area contributed by atoms with Crippen LogP contribution in [0, 0.1) is 12.7 Å². The molecule has 0 radical (unpaired) electrons. The first-order valence-corrected chi connectivity index (χ1v) is 8.32. The molecule has 0 heterocycles. The minimum Gasteiger partial charge on any atom is -0.482 e. The van der Waals surface area contributed by atoms with Gasteiger partial charge < -0.3 is 9.47 Å². The Hall–Kier alpha value is -3.47. The topological polar surface area (TPSA) is 52.6 Å². The molecule has 0 aliphatic heterocycles. The molecule has 0 N–H and O–H groups in total. The van der Waals surface area contributed by atoms with Gasteiger partial charge in [0.15, 0.2) is 12.4 Å². The van der Waals surface area contributed by atoms with Crippen LogP contribution in [-0.2, 0) is 4.79 Å². The van der Waals surface area contributed by atoms with E-state index in [1.165, 1.54) is 36.4 Å².